The van der Waals surface area contributed by atoms with Gasteiger partial charge in [-0.05, 0) is 43.5 Å². The maximum Gasteiger partial charge on any atom is 0.303 e. The zero-order valence-electron chi connectivity index (χ0n) is 9.40. The van der Waals surface area contributed by atoms with Crippen molar-refractivity contribution in [3.05, 3.63) is 29.3 Å². The van der Waals surface area contributed by atoms with Crippen molar-refractivity contribution in [3.63, 3.8) is 0 Å². The van der Waals surface area contributed by atoms with E-state index in [4.69, 9.17) is 16.7 Å². The van der Waals surface area contributed by atoms with Gasteiger partial charge < -0.3 is 5.11 Å². The lowest BCUT2D eigenvalue weighted by Crippen LogP contribution is -1.94. The van der Waals surface area contributed by atoms with Gasteiger partial charge in [0.25, 0.3) is 0 Å². The van der Waals surface area contributed by atoms with Crippen LogP contribution in [0, 0.1) is 0 Å². The zero-order chi connectivity index (χ0) is 12.5. The van der Waals surface area contributed by atoms with Crippen molar-refractivity contribution < 1.29 is 9.90 Å². The SMILES string of the molecule is O=C(O)CCCC/C=N/Nc1ccc(Cl)cc1. The van der Waals surface area contributed by atoms with Crippen LogP contribution in [0.1, 0.15) is 25.7 Å². The molecule has 1 aromatic carbocycles. The van der Waals surface area contributed by atoms with E-state index in [1.807, 2.05) is 12.1 Å². The molecule has 1 rings (SSSR count). The van der Waals surface area contributed by atoms with Crippen molar-refractivity contribution >= 4 is 29.5 Å². The highest BCUT2D eigenvalue weighted by Crippen LogP contribution is 2.13. The number of nitrogens with one attached hydrogen (secondary N) is 1. The molecule has 1 aromatic rings. The Morgan fingerprint density at radius 1 is 1.35 bits per heavy atom. The Kier molecular flexibility index (Phi) is 6.10. The lowest BCUT2D eigenvalue weighted by atomic mass is 10.2. The summed E-state index contributed by atoms with van der Waals surface area (Å²) < 4.78 is 0. The molecule has 0 unspecified atom stereocenters. The van der Waals surface area contributed by atoms with Crippen LogP contribution in [-0.2, 0) is 4.79 Å². The molecule has 0 aliphatic rings. The molecule has 0 heterocycles. The number of anilines is 1. The minimum Gasteiger partial charge on any atom is -0.481 e. The second kappa shape index (κ2) is 7.68. The molecule has 0 aliphatic carbocycles. The molecule has 0 amide bonds. The number of carboxylic acid groups (broad SMARTS) is 1. The lowest BCUT2D eigenvalue weighted by Gasteiger charge is -1.99. The maximum atomic E-state index is 10.2. The van der Waals surface area contributed by atoms with E-state index < -0.39 is 5.97 Å². The smallest absolute Gasteiger partial charge is 0.303 e. The molecule has 0 aromatic heterocycles. The number of hydrogen-bond donors (Lipinski definition) is 2. The van der Waals surface area contributed by atoms with Crippen molar-refractivity contribution in [2.45, 2.75) is 25.7 Å². The molecule has 0 saturated carbocycles. The van der Waals surface area contributed by atoms with Crippen LogP contribution in [-0.4, -0.2) is 17.3 Å². The van der Waals surface area contributed by atoms with Gasteiger partial charge in [0.1, 0.15) is 0 Å². The molecule has 92 valence electrons. The number of carboxylic acids is 1. The maximum absolute atomic E-state index is 10.2. The van der Waals surface area contributed by atoms with Gasteiger partial charge in [-0.3, -0.25) is 10.2 Å². The number of rotatable bonds is 7. The molecule has 0 atom stereocenters. The van der Waals surface area contributed by atoms with Gasteiger partial charge in [-0.15, -0.1) is 0 Å². The molecule has 0 aliphatic heterocycles. The number of aliphatic carboxylic acids is 1. The van der Waals surface area contributed by atoms with Crippen LogP contribution < -0.4 is 5.43 Å². The van der Waals surface area contributed by atoms with E-state index >= 15 is 0 Å². The first kappa shape index (κ1) is 13.5. The van der Waals surface area contributed by atoms with E-state index in [1.54, 1.807) is 18.3 Å². The Labute approximate surface area is 105 Å². The van der Waals surface area contributed by atoms with Gasteiger partial charge in [0.2, 0.25) is 0 Å². The van der Waals surface area contributed by atoms with Crippen molar-refractivity contribution in [2.24, 2.45) is 5.10 Å². The van der Waals surface area contributed by atoms with Gasteiger partial charge in [-0.2, -0.15) is 5.10 Å². The Morgan fingerprint density at radius 3 is 2.71 bits per heavy atom. The summed E-state index contributed by atoms with van der Waals surface area (Å²) >= 11 is 5.74. The number of benzene rings is 1. The van der Waals surface area contributed by atoms with Gasteiger partial charge >= 0.3 is 5.97 Å². The number of carbonyl (C=O) groups is 1. The van der Waals surface area contributed by atoms with Crippen molar-refractivity contribution in [1.29, 1.82) is 0 Å². The van der Waals surface area contributed by atoms with Crippen LogP contribution in [0.25, 0.3) is 0 Å². The van der Waals surface area contributed by atoms with Crippen molar-refractivity contribution in [1.82, 2.24) is 0 Å². The highest BCUT2D eigenvalue weighted by atomic mass is 35.5. The third-order valence-electron chi connectivity index (χ3n) is 2.10. The predicted molar refractivity (Wildman–Crippen MR) is 69.7 cm³/mol. The second-order valence-corrected chi connectivity index (χ2v) is 4.01. The van der Waals surface area contributed by atoms with Crippen LogP contribution >= 0.6 is 11.6 Å². The lowest BCUT2D eigenvalue weighted by molar-refractivity contribution is -0.137. The zero-order valence-corrected chi connectivity index (χ0v) is 10.2. The fraction of sp³-hybridized carbons (Fsp3) is 0.333. The molecule has 0 spiro atoms. The fourth-order valence-corrected chi connectivity index (χ4v) is 1.35. The summed E-state index contributed by atoms with van der Waals surface area (Å²) in [5.74, 6) is -0.749. The summed E-state index contributed by atoms with van der Waals surface area (Å²) in [7, 11) is 0. The number of nitrogens with zero attached hydrogens (tertiary/aromatic N) is 1. The second-order valence-electron chi connectivity index (χ2n) is 3.57. The molecule has 2 N–H and O–H groups in total. The monoisotopic (exact) mass is 254 g/mol. The van der Waals surface area contributed by atoms with Gasteiger partial charge in [0.05, 0.1) is 5.69 Å². The van der Waals surface area contributed by atoms with Crippen LogP contribution in [0.2, 0.25) is 5.02 Å². The van der Waals surface area contributed by atoms with Crippen molar-refractivity contribution in [2.75, 3.05) is 5.43 Å². The molecule has 0 fully saturated rings. The average molecular weight is 255 g/mol. The Balaban J connectivity index is 2.13. The quantitative estimate of drug-likeness (QED) is 0.445. The molecule has 17 heavy (non-hydrogen) atoms. The van der Waals surface area contributed by atoms with E-state index in [2.05, 4.69) is 10.5 Å². The van der Waals surface area contributed by atoms with E-state index in [9.17, 15) is 4.79 Å². The van der Waals surface area contributed by atoms with Gasteiger partial charge in [0, 0.05) is 17.7 Å². The summed E-state index contributed by atoms with van der Waals surface area (Å²) in [5, 5.41) is 13.1. The summed E-state index contributed by atoms with van der Waals surface area (Å²) in [4.78, 5) is 10.2. The highest BCUT2D eigenvalue weighted by Gasteiger charge is 1.94. The Hall–Kier alpha value is -1.55. The number of hydrogen-bond acceptors (Lipinski definition) is 3. The third-order valence-corrected chi connectivity index (χ3v) is 2.36. The van der Waals surface area contributed by atoms with E-state index in [1.165, 1.54) is 0 Å². The molecular weight excluding hydrogens is 240 g/mol. The fourth-order valence-electron chi connectivity index (χ4n) is 1.22. The molecule has 5 heteroatoms. The van der Waals surface area contributed by atoms with Crippen molar-refractivity contribution in [3.8, 4) is 0 Å². The third kappa shape index (κ3) is 6.58. The summed E-state index contributed by atoms with van der Waals surface area (Å²) in [6.07, 6.45) is 4.25. The molecule has 0 saturated heterocycles. The van der Waals surface area contributed by atoms with Gasteiger partial charge in [-0.1, -0.05) is 11.6 Å². The number of unbranched alkanes of at least 4 members (excludes halogenated alkanes) is 2. The van der Waals surface area contributed by atoms with Crippen LogP contribution in [0.4, 0.5) is 5.69 Å². The summed E-state index contributed by atoms with van der Waals surface area (Å²) in [6.45, 7) is 0. The highest BCUT2D eigenvalue weighted by molar-refractivity contribution is 6.30. The molecular formula is C12H15ClN2O2. The minimum absolute atomic E-state index is 0.221. The number of hydrazone groups is 1. The van der Waals surface area contributed by atoms with Gasteiger partial charge in [-0.25, -0.2) is 0 Å². The Morgan fingerprint density at radius 2 is 2.06 bits per heavy atom. The summed E-state index contributed by atoms with van der Waals surface area (Å²) in [6, 6.07) is 7.24. The Bertz CT molecular complexity index is 377. The van der Waals surface area contributed by atoms with E-state index in [0.717, 1.165) is 18.5 Å². The largest absolute Gasteiger partial charge is 0.481 e. The van der Waals surface area contributed by atoms with E-state index in [0.29, 0.717) is 11.4 Å². The van der Waals surface area contributed by atoms with Crippen LogP contribution in [0.3, 0.4) is 0 Å². The summed E-state index contributed by atoms with van der Waals surface area (Å²) in [5.41, 5.74) is 3.74. The normalized spacial score (nSPS) is 10.6. The minimum atomic E-state index is -0.749. The standard InChI is InChI=1S/C12H15ClN2O2/c13-10-5-7-11(8-6-10)15-14-9-3-1-2-4-12(16)17/h5-9,15H,1-4H2,(H,16,17)/b14-9+. The molecule has 0 bridgehead atoms. The average Bonchev–Trinajstić information content (AvgIpc) is 2.30. The van der Waals surface area contributed by atoms with Crippen LogP contribution in [0.5, 0.6) is 0 Å². The number of halogens is 1. The molecule has 0 radical (unpaired) electrons. The van der Waals surface area contributed by atoms with E-state index in [-0.39, 0.29) is 6.42 Å². The predicted octanol–water partition coefficient (Wildman–Crippen LogP) is 3.38. The van der Waals surface area contributed by atoms with Crippen LogP contribution in [0.15, 0.2) is 29.4 Å². The molecule has 4 nitrogen and oxygen atoms in total. The first-order valence-electron chi connectivity index (χ1n) is 5.43. The topological polar surface area (TPSA) is 61.7 Å². The van der Waals surface area contributed by atoms with Gasteiger partial charge in [0.15, 0.2) is 0 Å². The first-order chi connectivity index (χ1) is 8.18. The first-order valence-corrected chi connectivity index (χ1v) is 5.81.